The standard InChI is InChI=1S/C19H20N6O2S/c1-12-9-10-15(13(2)11-12)25-19(22-23-24-25)28-16(14-7-5-4-6-8-14)17(26)21-18(27)20-3/h4-11,16H,1-3H3,(H2,20,21,26,27)/t16-/m1/s1. The quantitative estimate of drug-likeness (QED) is 0.643. The zero-order valence-corrected chi connectivity index (χ0v) is 16.5. The Hall–Kier alpha value is -3.20. The van der Waals surface area contributed by atoms with Crippen molar-refractivity contribution >= 4 is 23.7 Å². The largest absolute Gasteiger partial charge is 0.341 e. The van der Waals surface area contributed by atoms with Gasteiger partial charge in [0.25, 0.3) is 0 Å². The van der Waals surface area contributed by atoms with Gasteiger partial charge in [-0.25, -0.2) is 4.79 Å². The fourth-order valence-electron chi connectivity index (χ4n) is 2.69. The molecule has 0 fully saturated rings. The summed E-state index contributed by atoms with van der Waals surface area (Å²) in [6, 6.07) is 14.6. The Morgan fingerprint density at radius 3 is 2.54 bits per heavy atom. The fourth-order valence-corrected chi connectivity index (χ4v) is 3.68. The molecular formula is C19H20N6O2S. The van der Waals surface area contributed by atoms with Crippen LogP contribution in [0.2, 0.25) is 0 Å². The maximum Gasteiger partial charge on any atom is 0.321 e. The minimum absolute atomic E-state index is 0.452. The van der Waals surface area contributed by atoms with Crippen LogP contribution in [0, 0.1) is 13.8 Å². The third kappa shape index (κ3) is 4.37. The normalized spacial score (nSPS) is 11.7. The minimum Gasteiger partial charge on any atom is -0.341 e. The van der Waals surface area contributed by atoms with Crippen LogP contribution in [0.3, 0.4) is 0 Å². The van der Waals surface area contributed by atoms with Crippen LogP contribution >= 0.6 is 11.8 Å². The average molecular weight is 396 g/mol. The molecule has 3 amide bonds. The lowest BCUT2D eigenvalue weighted by Crippen LogP contribution is -2.39. The van der Waals surface area contributed by atoms with Gasteiger partial charge in [0, 0.05) is 7.05 Å². The van der Waals surface area contributed by atoms with Gasteiger partial charge in [0.1, 0.15) is 5.25 Å². The number of nitrogens with zero attached hydrogens (tertiary/aromatic N) is 4. The molecule has 3 rings (SSSR count). The highest BCUT2D eigenvalue weighted by atomic mass is 32.2. The summed E-state index contributed by atoms with van der Waals surface area (Å²) in [6.07, 6.45) is 0. The molecule has 0 aliphatic rings. The molecule has 3 aromatic rings. The topological polar surface area (TPSA) is 102 Å². The summed E-state index contributed by atoms with van der Waals surface area (Å²) < 4.78 is 1.60. The van der Waals surface area contributed by atoms with Crippen molar-refractivity contribution in [1.29, 1.82) is 0 Å². The van der Waals surface area contributed by atoms with Crippen LogP contribution in [0.25, 0.3) is 5.69 Å². The second-order valence-corrected chi connectivity index (χ2v) is 7.21. The van der Waals surface area contributed by atoms with Crippen molar-refractivity contribution < 1.29 is 9.59 Å². The number of nitrogens with one attached hydrogen (secondary N) is 2. The molecule has 28 heavy (non-hydrogen) atoms. The van der Waals surface area contributed by atoms with Crippen LogP contribution in [0.5, 0.6) is 0 Å². The van der Waals surface area contributed by atoms with Crippen LogP contribution in [0.4, 0.5) is 4.79 Å². The predicted octanol–water partition coefficient (Wildman–Crippen LogP) is 2.57. The van der Waals surface area contributed by atoms with E-state index in [1.54, 1.807) is 4.68 Å². The van der Waals surface area contributed by atoms with E-state index in [1.807, 2.05) is 62.4 Å². The monoisotopic (exact) mass is 396 g/mol. The van der Waals surface area contributed by atoms with E-state index in [4.69, 9.17) is 0 Å². The van der Waals surface area contributed by atoms with Gasteiger partial charge in [-0.15, -0.1) is 5.10 Å². The number of rotatable bonds is 5. The van der Waals surface area contributed by atoms with Crippen molar-refractivity contribution in [2.24, 2.45) is 0 Å². The molecule has 1 heterocycles. The number of hydrogen-bond donors (Lipinski definition) is 2. The lowest BCUT2D eigenvalue weighted by Gasteiger charge is -2.16. The molecule has 2 N–H and O–H groups in total. The summed E-state index contributed by atoms with van der Waals surface area (Å²) >= 11 is 1.18. The van der Waals surface area contributed by atoms with E-state index in [0.29, 0.717) is 5.16 Å². The van der Waals surface area contributed by atoms with Crippen molar-refractivity contribution in [2.45, 2.75) is 24.3 Å². The predicted molar refractivity (Wildman–Crippen MR) is 106 cm³/mol. The molecule has 0 unspecified atom stereocenters. The van der Waals surface area contributed by atoms with Crippen molar-refractivity contribution in [1.82, 2.24) is 30.8 Å². The maximum atomic E-state index is 12.7. The van der Waals surface area contributed by atoms with E-state index >= 15 is 0 Å². The van der Waals surface area contributed by atoms with Crippen LogP contribution in [-0.2, 0) is 4.79 Å². The number of aryl methyl sites for hydroxylation is 2. The van der Waals surface area contributed by atoms with Crippen molar-refractivity contribution in [3.63, 3.8) is 0 Å². The fraction of sp³-hybridized carbons (Fsp3) is 0.211. The average Bonchev–Trinajstić information content (AvgIpc) is 3.14. The van der Waals surface area contributed by atoms with E-state index in [0.717, 1.165) is 22.4 Å². The van der Waals surface area contributed by atoms with Gasteiger partial charge in [-0.1, -0.05) is 59.8 Å². The summed E-state index contributed by atoms with van der Waals surface area (Å²) in [4.78, 5) is 24.4. The zero-order chi connectivity index (χ0) is 20.1. The van der Waals surface area contributed by atoms with Crippen LogP contribution in [0.1, 0.15) is 21.9 Å². The first-order valence-electron chi connectivity index (χ1n) is 8.59. The highest BCUT2D eigenvalue weighted by Gasteiger charge is 2.26. The molecule has 8 nitrogen and oxygen atoms in total. The zero-order valence-electron chi connectivity index (χ0n) is 15.7. The Balaban J connectivity index is 1.95. The summed E-state index contributed by atoms with van der Waals surface area (Å²) in [6.45, 7) is 3.99. The van der Waals surface area contributed by atoms with Gasteiger partial charge in [0.2, 0.25) is 11.1 Å². The molecule has 0 spiro atoms. The molecule has 144 valence electrons. The lowest BCUT2D eigenvalue weighted by molar-refractivity contribution is -0.119. The molecule has 0 bridgehead atoms. The Bertz CT molecular complexity index is 989. The number of amides is 3. The SMILES string of the molecule is CNC(=O)NC(=O)[C@H](Sc1nnnn1-c1ccc(C)cc1C)c1ccccc1. The van der Waals surface area contributed by atoms with Gasteiger partial charge < -0.3 is 5.32 Å². The number of benzene rings is 2. The van der Waals surface area contributed by atoms with E-state index in [-0.39, 0.29) is 0 Å². The Kier molecular flexibility index (Phi) is 6.05. The van der Waals surface area contributed by atoms with Gasteiger partial charge in [-0.2, -0.15) is 4.68 Å². The van der Waals surface area contributed by atoms with Crippen molar-refractivity contribution in [2.75, 3.05) is 7.05 Å². The number of urea groups is 1. The van der Waals surface area contributed by atoms with Crippen molar-refractivity contribution in [3.05, 3.63) is 65.2 Å². The molecule has 0 aliphatic heterocycles. The summed E-state index contributed by atoms with van der Waals surface area (Å²) in [5.41, 5.74) is 3.72. The third-order valence-electron chi connectivity index (χ3n) is 4.05. The molecule has 0 aliphatic carbocycles. The van der Waals surface area contributed by atoms with E-state index in [2.05, 4.69) is 26.2 Å². The summed E-state index contributed by atoms with van der Waals surface area (Å²) in [5.74, 6) is -0.453. The maximum absolute atomic E-state index is 12.7. The van der Waals surface area contributed by atoms with Gasteiger partial charge in [-0.05, 0) is 41.5 Å². The van der Waals surface area contributed by atoms with Crippen LogP contribution < -0.4 is 10.6 Å². The Morgan fingerprint density at radius 2 is 1.86 bits per heavy atom. The molecule has 0 radical (unpaired) electrons. The molecule has 0 saturated heterocycles. The highest BCUT2D eigenvalue weighted by Crippen LogP contribution is 2.35. The molecule has 0 saturated carbocycles. The van der Waals surface area contributed by atoms with E-state index in [1.165, 1.54) is 18.8 Å². The summed E-state index contributed by atoms with van der Waals surface area (Å²) in [5, 5.41) is 16.4. The highest BCUT2D eigenvalue weighted by molar-refractivity contribution is 8.00. The Morgan fingerprint density at radius 1 is 1.11 bits per heavy atom. The van der Waals surface area contributed by atoms with Gasteiger partial charge in [0.05, 0.1) is 5.69 Å². The van der Waals surface area contributed by atoms with Crippen LogP contribution in [-0.4, -0.2) is 39.2 Å². The second kappa shape index (κ2) is 8.66. The second-order valence-electron chi connectivity index (χ2n) is 6.14. The minimum atomic E-state index is -0.700. The molecule has 9 heteroatoms. The smallest absolute Gasteiger partial charge is 0.321 e. The van der Waals surface area contributed by atoms with E-state index in [9.17, 15) is 9.59 Å². The number of carbonyl (C=O) groups excluding carboxylic acids is 2. The lowest BCUT2D eigenvalue weighted by atomic mass is 10.1. The van der Waals surface area contributed by atoms with Crippen molar-refractivity contribution in [3.8, 4) is 5.69 Å². The number of carbonyl (C=O) groups is 2. The molecular weight excluding hydrogens is 376 g/mol. The Labute approximate surface area is 166 Å². The first kappa shape index (κ1) is 19.6. The number of imide groups is 1. The molecule has 1 atom stereocenters. The first-order valence-corrected chi connectivity index (χ1v) is 9.47. The summed E-state index contributed by atoms with van der Waals surface area (Å²) in [7, 11) is 1.45. The van der Waals surface area contributed by atoms with Gasteiger partial charge >= 0.3 is 6.03 Å². The number of aromatic nitrogens is 4. The third-order valence-corrected chi connectivity index (χ3v) is 5.24. The number of thioether (sulfide) groups is 1. The van der Waals surface area contributed by atoms with Gasteiger partial charge in [-0.3, -0.25) is 10.1 Å². The number of tetrazole rings is 1. The van der Waals surface area contributed by atoms with Crippen LogP contribution in [0.15, 0.2) is 53.7 Å². The first-order chi connectivity index (χ1) is 13.5. The number of hydrogen-bond acceptors (Lipinski definition) is 6. The molecule has 2 aromatic carbocycles. The van der Waals surface area contributed by atoms with E-state index < -0.39 is 17.2 Å². The van der Waals surface area contributed by atoms with Gasteiger partial charge in [0.15, 0.2) is 0 Å². The molecule has 1 aromatic heterocycles.